The molecule has 3 rings (SSSR count). The number of nitrogens with one attached hydrogen (secondary N) is 2. The van der Waals surface area contributed by atoms with Crippen molar-refractivity contribution < 1.29 is 17.9 Å². The number of hydrogen-bond donors (Lipinski definition) is 2. The number of hydrogen-bond acceptors (Lipinski definition) is 6. The van der Waals surface area contributed by atoms with Crippen LogP contribution in [-0.4, -0.2) is 25.9 Å². The number of carbonyl (C=O) groups excluding carboxylic acids is 1. The van der Waals surface area contributed by atoms with Gasteiger partial charge in [-0.25, -0.2) is 18.1 Å². The first kappa shape index (κ1) is 21.5. The topological polar surface area (TPSA) is 97.4 Å². The van der Waals surface area contributed by atoms with E-state index in [-0.39, 0.29) is 21.5 Å². The fraction of sp³-hybridized carbons (Fsp3) is 0.111. The molecule has 0 spiro atoms. The number of sulfonamides is 1. The lowest BCUT2D eigenvalue weighted by Crippen LogP contribution is -2.36. The van der Waals surface area contributed by atoms with Gasteiger partial charge in [-0.3, -0.25) is 4.79 Å². The first-order valence-corrected chi connectivity index (χ1v) is 11.3. The highest BCUT2D eigenvalue weighted by molar-refractivity contribution is 7.89. The predicted octanol–water partition coefficient (Wildman–Crippen LogP) is 3.84. The largest absolute Gasteiger partial charge is 0.431 e. The Labute approximate surface area is 181 Å². The molecule has 0 saturated heterocycles. The zero-order valence-corrected chi connectivity index (χ0v) is 17.9. The van der Waals surface area contributed by atoms with Crippen molar-refractivity contribution in [2.75, 3.05) is 6.54 Å². The first-order valence-electron chi connectivity index (χ1n) is 8.22. The number of rotatable bonds is 8. The van der Waals surface area contributed by atoms with Gasteiger partial charge >= 0.3 is 0 Å². The Morgan fingerprint density at radius 2 is 1.79 bits per heavy atom. The van der Waals surface area contributed by atoms with Crippen LogP contribution >= 0.6 is 34.5 Å². The first-order chi connectivity index (χ1) is 13.8. The maximum Gasteiger partial charge on any atom is 0.278 e. The summed E-state index contributed by atoms with van der Waals surface area (Å²) >= 11 is 13.2. The molecule has 7 nitrogen and oxygen atoms in total. The average molecular weight is 472 g/mol. The quantitative estimate of drug-likeness (QED) is 0.519. The Bertz CT molecular complexity index is 1070. The van der Waals surface area contributed by atoms with Crippen molar-refractivity contribution in [3.63, 3.8) is 0 Å². The molecule has 29 heavy (non-hydrogen) atoms. The molecule has 3 aromatic rings. The summed E-state index contributed by atoms with van der Waals surface area (Å²) in [5.41, 5.74) is 0.821. The number of ether oxygens (including phenoxy) is 1. The normalized spacial score (nSPS) is 11.2. The van der Waals surface area contributed by atoms with Crippen molar-refractivity contribution in [1.82, 2.24) is 15.0 Å². The van der Waals surface area contributed by atoms with Crippen LogP contribution in [0.5, 0.6) is 10.9 Å². The minimum absolute atomic E-state index is 0.0227. The van der Waals surface area contributed by atoms with Gasteiger partial charge in [-0.15, -0.1) is 0 Å². The molecular formula is C18H15Cl2N3O4S2. The monoisotopic (exact) mass is 471 g/mol. The molecule has 152 valence electrons. The number of thiazole rings is 1. The van der Waals surface area contributed by atoms with Gasteiger partial charge in [-0.2, -0.15) is 0 Å². The molecule has 0 aliphatic carbocycles. The molecule has 1 amide bonds. The van der Waals surface area contributed by atoms with E-state index < -0.39 is 22.5 Å². The fourth-order valence-electron chi connectivity index (χ4n) is 2.27. The summed E-state index contributed by atoms with van der Waals surface area (Å²) in [7, 11) is -4.03. The molecule has 0 radical (unpaired) electrons. The van der Waals surface area contributed by atoms with Gasteiger partial charge in [0.05, 0.1) is 16.6 Å². The van der Waals surface area contributed by atoms with Gasteiger partial charge < -0.3 is 10.1 Å². The highest BCUT2D eigenvalue weighted by Gasteiger charge is 2.22. The van der Waals surface area contributed by atoms with Gasteiger partial charge in [0, 0.05) is 18.1 Å². The maximum absolute atomic E-state index is 12.3. The molecule has 0 fully saturated rings. The van der Waals surface area contributed by atoms with E-state index in [1.54, 1.807) is 30.5 Å². The minimum Gasteiger partial charge on any atom is -0.431 e. The number of aromatic nitrogens is 1. The van der Waals surface area contributed by atoms with Crippen LogP contribution in [0.2, 0.25) is 10.0 Å². The van der Waals surface area contributed by atoms with E-state index in [4.69, 9.17) is 27.9 Å². The Balaban J connectivity index is 1.51. The third-order valence-electron chi connectivity index (χ3n) is 3.64. The summed E-state index contributed by atoms with van der Waals surface area (Å²) in [5.74, 6) is 0.124. The Kier molecular flexibility index (Phi) is 7.09. The highest BCUT2D eigenvalue weighted by atomic mass is 35.5. The van der Waals surface area contributed by atoms with Gasteiger partial charge in [0.25, 0.3) is 5.19 Å². The lowest BCUT2D eigenvalue weighted by Gasteiger charge is -2.10. The number of benzene rings is 2. The summed E-state index contributed by atoms with van der Waals surface area (Å²) in [6, 6.07) is 11.4. The SMILES string of the molecule is O=C(CNS(=O)(=O)c1c(Cl)cccc1Cl)NCc1ccc(Oc2nccs2)cc1. The second-order valence-corrected chi connectivity index (χ2v) is 9.07. The van der Waals surface area contributed by atoms with Gasteiger partial charge in [-0.05, 0) is 29.8 Å². The zero-order chi connectivity index (χ0) is 20.9. The van der Waals surface area contributed by atoms with E-state index in [1.165, 1.54) is 29.5 Å². The summed E-state index contributed by atoms with van der Waals surface area (Å²) in [4.78, 5) is 15.8. The molecule has 0 unspecified atom stereocenters. The molecular weight excluding hydrogens is 457 g/mol. The number of nitrogens with zero attached hydrogens (tertiary/aromatic N) is 1. The summed E-state index contributed by atoms with van der Waals surface area (Å²) in [6.45, 7) is -0.222. The van der Waals surface area contributed by atoms with Crippen LogP contribution in [0.1, 0.15) is 5.56 Å². The summed E-state index contributed by atoms with van der Waals surface area (Å²) in [5, 5.41) is 4.94. The third-order valence-corrected chi connectivity index (χ3v) is 6.64. The lowest BCUT2D eigenvalue weighted by molar-refractivity contribution is -0.120. The van der Waals surface area contributed by atoms with Crippen LogP contribution in [-0.2, 0) is 21.4 Å². The molecule has 11 heteroatoms. The molecule has 0 aliphatic heterocycles. The minimum atomic E-state index is -4.03. The second-order valence-electron chi connectivity index (χ2n) is 5.70. The number of amides is 1. The fourth-order valence-corrected chi connectivity index (χ4v) is 4.90. The molecule has 0 bridgehead atoms. The molecule has 0 aliphatic rings. The van der Waals surface area contributed by atoms with E-state index in [0.29, 0.717) is 10.9 Å². The van der Waals surface area contributed by atoms with Gasteiger partial charge in [0.15, 0.2) is 0 Å². The van der Waals surface area contributed by atoms with Gasteiger partial charge in [0.1, 0.15) is 10.6 Å². The molecule has 2 aromatic carbocycles. The Hall–Kier alpha value is -2.17. The van der Waals surface area contributed by atoms with E-state index in [0.717, 1.165) is 5.56 Å². The highest BCUT2D eigenvalue weighted by Crippen LogP contribution is 2.28. The molecule has 0 atom stereocenters. The third kappa shape index (κ3) is 5.91. The zero-order valence-electron chi connectivity index (χ0n) is 14.8. The summed E-state index contributed by atoms with van der Waals surface area (Å²) < 4.78 is 32.4. The van der Waals surface area contributed by atoms with Gasteiger partial charge in [0.2, 0.25) is 15.9 Å². The second kappa shape index (κ2) is 9.55. The number of halogens is 2. The van der Waals surface area contributed by atoms with Crippen molar-refractivity contribution in [2.45, 2.75) is 11.4 Å². The molecule has 0 saturated carbocycles. The Morgan fingerprint density at radius 1 is 1.10 bits per heavy atom. The van der Waals surface area contributed by atoms with Crippen LogP contribution in [0.15, 0.2) is 58.9 Å². The molecule has 2 N–H and O–H groups in total. The lowest BCUT2D eigenvalue weighted by atomic mass is 10.2. The van der Waals surface area contributed by atoms with Crippen LogP contribution in [0.4, 0.5) is 0 Å². The average Bonchev–Trinajstić information content (AvgIpc) is 3.19. The standard InChI is InChI=1S/C18H15Cl2N3O4S2/c19-14-2-1-3-15(20)17(14)29(25,26)23-11-16(24)22-10-12-4-6-13(7-5-12)27-18-21-8-9-28-18/h1-9,23H,10-11H2,(H,22,24). The van der Waals surface area contributed by atoms with Crippen LogP contribution in [0.25, 0.3) is 0 Å². The van der Waals surface area contributed by atoms with Crippen molar-refractivity contribution in [1.29, 1.82) is 0 Å². The van der Waals surface area contributed by atoms with Crippen molar-refractivity contribution >= 4 is 50.5 Å². The van der Waals surface area contributed by atoms with E-state index in [9.17, 15) is 13.2 Å². The van der Waals surface area contributed by atoms with Crippen LogP contribution < -0.4 is 14.8 Å². The maximum atomic E-state index is 12.3. The predicted molar refractivity (Wildman–Crippen MR) is 112 cm³/mol. The van der Waals surface area contributed by atoms with E-state index in [2.05, 4.69) is 15.0 Å². The molecule has 1 aromatic heterocycles. The van der Waals surface area contributed by atoms with Crippen LogP contribution in [0.3, 0.4) is 0 Å². The Morgan fingerprint density at radius 3 is 2.41 bits per heavy atom. The van der Waals surface area contributed by atoms with Crippen molar-refractivity contribution in [2.24, 2.45) is 0 Å². The van der Waals surface area contributed by atoms with Crippen LogP contribution in [0, 0.1) is 0 Å². The number of carbonyl (C=O) groups is 1. The van der Waals surface area contributed by atoms with Crippen molar-refractivity contribution in [3.05, 3.63) is 69.7 Å². The summed E-state index contributed by atoms with van der Waals surface area (Å²) in [6.07, 6.45) is 1.65. The molecule has 1 heterocycles. The van der Waals surface area contributed by atoms with E-state index in [1.807, 2.05) is 5.38 Å². The smallest absolute Gasteiger partial charge is 0.278 e. The van der Waals surface area contributed by atoms with E-state index >= 15 is 0 Å². The van der Waals surface area contributed by atoms with Gasteiger partial charge in [-0.1, -0.05) is 52.7 Å². The van der Waals surface area contributed by atoms with Crippen molar-refractivity contribution in [3.8, 4) is 10.9 Å².